The molecular weight excluding hydrogens is 352 g/mol. The molecule has 0 radical (unpaired) electrons. The molecule has 7 heteroatoms. The van der Waals surface area contributed by atoms with Crippen LogP contribution in [-0.4, -0.2) is 39.9 Å². The molecule has 0 saturated heterocycles. The van der Waals surface area contributed by atoms with Gasteiger partial charge in [-0.1, -0.05) is 18.2 Å². The lowest BCUT2D eigenvalue weighted by molar-refractivity contribution is 0.0785. The third-order valence-electron chi connectivity index (χ3n) is 3.75. The molecule has 0 fully saturated rings. The number of amides is 1. The van der Waals surface area contributed by atoms with Gasteiger partial charge in [0.2, 0.25) is 10.0 Å². The maximum atomic E-state index is 12.5. The van der Waals surface area contributed by atoms with Gasteiger partial charge in [-0.2, -0.15) is 0 Å². The highest BCUT2D eigenvalue weighted by Gasteiger charge is 2.16. The number of benzene rings is 2. The molecule has 2 aromatic carbocycles. The first kappa shape index (κ1) is 19.7. The molecule has 0 aromatic heterocycles. The monoisotopic (exact) mass is 374 g/mol. The molecule has 0 bridgehead atoms. The van der Waals surface area contributed by atoms with E-state index in [0.29, 0.717) is 12.1 Å². The number of hydrogen-bond acceptors (Lipinski definition) is 4. The second-order valence-corrected chi connectivity index (χ2v) is 7.44. The Kier molecular flexibility index (Phi) is 6.54. The van der Waals surface area contributed by atoms with Gasteiger partial charge in [-0.25, -0.2) is 13.1 Å². The molecule has 1 N–H and O–H groups in total. The molecule has 1 amide bonds. The Morgan fingerprint density at radius 3 is 2.31 bits per heavy atom. The number of sulfonamides is 1. The summed E-state index contributed by atoms with van der Waals surface area (Å²) in [4.78, 5) is 14.2. The fourth-order valence-electron chi connectivity index (χ4n) is 2.33. The van der Waals surface area contributed by atoms with Crippen molar-refractivity contribution in [3.8, 4) is 5.75 Å². The van der Waals surface area contributed by atoms with Crippen LogP contribution >= 0.6 is 0 Å². The number of nitrogens with one attached hydrogen (secondary N) is 1. The SMILES string of the molecule is C=CCNS(=O)(=O)c1ccc(C(=O)N(C)Cc2ccc(OC)cc2)cc1. The average Bonchev–Trinajstić information content (AvgIpc) is 2.66. The molecule has 26 heavy (non-hydrogen) atoms. The minimum absolute atomic E-state index is 0.105. The van der Waals surface area contributed by atoms with Crippen molar-refractivity contribution >= 4 is 15.9 Å². The van der Waals surface area contributed by atoms with E-state index in [0.717, 1.165) is 11.3 Å². The summed E-state index contributed by atoms with van der Waals surface area (Å²) >= 11 is 0. The van der Waals surface area contributed by atoms with Crippen molar-refractivity contribution in [1.29, 1.82) is 0 Å². The average molecular weight is 374 g/mol. The highest BCUT2D eigenvalue weighted by atomic mass is 32.2. The number of nitrogens with zero attached hydrogens (tertiary/aromatic N) is 1. The third kappa shape index (κ3) is 4.93. The summed E-state index contributed by atoms with van der Waals surface area (Å²) in [7, 11) is -0.302. The molecule has 2 aromatic rings. The summed E-state index contributed by atoms with van der Waals surface area (Å²) < 4.78 is 31.6. The molecular formula is C19H22N2O4S. The minimum atomic E-state index is -3.60. The number of rotatable bonds is 8. The molecule has 0 aliphatic heterocycles. The largest absolute Gasteiger partial charge is 0.497 e. The van der Waals surface area contributed by atoms with Gasteiger partial charge in [0.05, 0.1) is 12.0 Å². The van der Waals surface area contributed by atoms with Crippen LogP contribution in [0.25, 0.3) is 0 Å². The van der Waals surface area contributed by atoms with E-state index in [1.165, 1.54) is 30.3 Å². The van der Waals surface area contributed by atoms with Gasteiger partial charge >= 0.3 is 0 Å². The van der Waals surface area contributed by atoms with Crippen molar-refractivity contribution in [2.45, 2.75) is 11.4 Å². The smallest absolute Gasteiger partial charge is 0.253 e. The van der Waals surface area contributed by atoms with Crippen LogP contribution in [0.5, 0.6) is 5.75 Å². The Hall–Kier alpha value is -2.64. The molecule has 0 atom stereocenters. The molecule has 0 unspecified atom stereocenters. The first-order chi connectivity index (χ1) is 12.4. The Balaban J connectivity index is 2.07. The van der Waals surface area contributed by atoms with Crippen LogP contribution in [0.4, 0.5) is 0 Å². The second-order valence-electron chi connectivity index (χ2n) is 5.67. The summed E-state index contributed by atoms with van der Waals surface area (Å²) in [6, 6.07) is 13.3. The summed E-state index contributed by atoms with van der Waals surface area (Å²) in [5.41, 5.74) is 1.39. The molecule has 0 heterocycles. The van der Waals surface area contributed by atoms with E-state index in [1.54, 1.807) is 19.1 Å². The van der Waals surface area contributed by atoms with Crippen molar-refractivity contribution in [2.75, 3.05) is 20.7 Å². The van der Waals surface area contributed by atoms with E-state index in [-0.39, 0.29) is 17.3 Å². The van der Waals surface area contributed by atoms with Gasteiger partial charge in [0, 0.05) is 25.7 Å². The minimum Gasteiger partial charge on any atom is -0.497 e. The van der Waals surface area contributed by atoms with Crippen molar-refractivity contribution in [3.05, 3.63) is 72.3 Å². The number of methoxy groups -OCH3 is 1. The van der Waals surface area contributed by atoms with Crippen molar-refractivity contribution < 1.29 is 17.9 Å². The Morgan fingerprint density at radius 2 is 1.77 bits per heavy atom. The van der Waals surface area contributed by atoms with Crippen LogP contribution in [0.3, 0.4) is 0 Å². The number of ether oxygens (including phenoxy) is 1. The molecule has 138 valence electrons. The van der Waals surface area contributed by atoms with E-state index in [2.05, 4.69) is 11.3 Å². The Bertz CT molecular complexity index is 859. The fourth-order valence-corrected chi connectivity index (χ4v) is 3.32. The van der Waals surface area contributed by atoms with Crippen LogP contribution in [0.15, 0.2) is 66.1 Å². The topological polar surface area (TPSA) is 75.7 Å². The van der Waals surface area contributed by atoms with E-state index >= 15 is 0 Å². The standard InChI is InChI=1S/C19H22N2O4S/c1-4-13-20-26(23,24)18-11-7-16(8-12-18)19(22)21(2)14-15-5-9-17(25-3)10-6-15/h4-12,20H,1,13-14H2,2-3H3. The quantitative estimate of drug-likeness (QED) is 0.720. The Morgan fingerprint density at radius 1 is 1.15 bits per heavy atom. The molecule has 6 nitrogen and oxygen atoms in total. The molecule has 0 saturated carbocycles. The van der Waals surface area contributed by atoms with Gasteiger partial charge in [-0.05, 0) is 42.0 Å². The zero-order valence-corrected chi connectivity index (χ0v) is 15.6. The van der Waals surface area contributed by atoms with Crippen LogP contribution < -0.4 is 9.46 Å². The van der Waals surface area contributed by atoms with Gasteiger partial charge in [0.1, 0.15) is 5.75 Å². The van der Waals surface area contributed by atoms with Gasteiger partial charge < -0.3 is 9.64 Å². The summed E-state index contributed by atoms with van der Waals surface area (Å²) in [6.07, 6.45) is 1.46. The van der Waals surface area contributed by atoms with E-state index in [1.807, 2.05) is 24.3 Å². The maximum absolute atomic E-state index is 12.5. The second kappa shape index (κ2) is 8.64. The Labute approximate surface area is 154 Å². The molecule has 2 rings (SSSR count). The van der Waals surface area contributed by atoms with Crippen LogP contribution in [0, 0.1) is 0 Å². The van der Waals surface area contributed by atoms with E-state index in [4.69, 9.17) is 4.74 Å². The number of hydrogen-bond donors (Lipinski definition) is 1. The zero-order chi connectivity index (χ0) is 19.2. The highest BCUT2D eigenvalue weighted by molar-refractivity contribution is 7.89. The predicted molar refractivity (Wildman–Crippen MR) is 101 cm³/mol. The van der Waals surface area contributed by atoms with Crippen LogP contribution in [0.1, 0.15) is 15.9 Å². The fraction of sp³-hybridized carbons (Fsp3) is 0.211. The van der Waals surface area contributed by atoms with Crippen LogP contribution in [-0.2, 0) is 16.6 Å². The number of carbonyl (C=O) groups excluding carboxylic acids is 1. The van der Waals surface area contributed by atoms with Gasteiger partial charge in [0.15, 0.2) is 0 Å². The van der Waals surface area contributed by atoms with Gasteiger partial charge in [-0.3, -0.25) is 4.79 Å². The molecule has 0 aliphatic rings. The van der Waals surface area contributed by atoms with E-state index in [9.17, 15) is 13.2 Å². The summed E-state index contributed by atoms with van der Waals surface area (Å²) in [5.74, 6) is 0.563. The first-order valence-electron chi connectivity index (χ1n) is 7.96. The van der Waals surface area contributed by atoms with Crippen molar-refractivity contribution in [3.63, 3.8) is 0 Å². The maximum Gasteiger partial charge on any atom is 0.253 e. The molecule has 0 spiro atoms. The highest BCUT2D eigenvalue weighted by Crippen LogP contribution is 2.15. The summed E-state index contributed by atoms with van der Waals surface area (Å²) in [5, 5.41) is 0. The first-order valence-corrected chi connectivity index (χ1v) is 9.44. The van der Waals surface area contributed by atoms with E-state index < -0.39 is 10.0 Å². The third-order valence-corrected chi connectivity index (χ3v) is 5.19. The lowest BCUT2D eigenvalue weighted by Gasteiger charge is -2.18. The lowest BCUT2D eigenvalue weighted by Crippen LogP contribution is -2.26. The zero-order valence-electron chi connectivity index (χ0n) is 14.8. The van der Waals surface area contributed by atoms with Crippen molar-refractivity contribution in [2.24, 2.45) is 0 Å². The molecule has 0 aliphatic carbocycles. The lowest BCUT2D eigenvalue weighted by atomic mass is 10.1. The van der Waals surface area contributed by atoms with Gasteiger partial charge in [-0.15, -0.1) is 6.58 Å². The predicted octanol–water partition coefficient (Wildman–Crippen LogP) is 2.43. The van der Waals surface area contributed by atoms with Crippen molar-refractivity contribution in [1.82, 2.24) is 9.62 Å². The van der Waals surface area contributed by atoms with Gasteiger partial charge in [0.25, 0.3) is 5.91 Å². The van der Waals surface area contributed by atoms with Crippen LogP contribution in [0.2, 0.25) is 0 Å². The summed E-state index contributed by atoms with van der Waals surface area (Å²) in [6.45, 7) is 4.05. The number of carbonyl (C=O) groups is 1. The normalized spacial score (nSPS) is 11.0.